The second-order valence-corrected chi connectivity index (χ2v) is 5.54. The first kappa shape index (κ1) is 12.8. The van der Waals surface area contributed by atoms with Crippen LogP contribution in [0.2, 0.25) is 5.02 Å². The van der Waals surface area contributed by atoms with E-state index in [2.05, 4.69) is 25.8 Å². The van der Waals surface area contributed by atoms with Crippen molar-refractivity contribution in [2.75, 3.05) is 0 Å². The summed E-state index contributed by atoms with van der Waals surface area (Å²) in [6, 6.07) is 5.57. The van der Waals surface area contributed by atoms with Crippen LogP contribution in [-0.4, -0.2) is 9.91 Å². The zero-order chi connectivity index (χ0) is 13.5. The number of nitrogens with zero attached hydrogens (tertiary/aromatic N) is 2. The first-order valence-electron chi connectivity index (χ1n) is 5.54. The molecule has 94 valence electrons. The van der Waals surface area contributed by atoms with Gasteiger partial charge in [-0.3, -0.25) is 10.1 Å². The average Bonchev–Trinajstić information content (AvgIpc) is 2.27. The second-order valence-electron chi connectivity index (χ2n) is 5.17. The van der Waals surface area contributed by atoms with Crippen LogP contribution >= 0.6 is 11.6 Å². The van der Waals surface area contributed by atoms with Gasteiger partial charge in [0.15, 0.2) is 0 Å². The molecule has 0 spiro atoms. The fraction of sp³-hybridized carbons (Fsp3) is 0.308. The van der Waals surface area contributed by atoms with E-state index >= 15 is 0 Å². The summed E-state index contributed by atoms with van der Waals surface area (Å²) in [6.45, 7) is 6.20. The van der Waals surface area contributed by atoms with E-state index < -0.39 is 4.92 Å². The van der Waals surface area contributed by atoms with Crippen LogP contribution in [0.15, 0.2) is 24.4 Å². The van der Waals surface area contributed by atoms with E-state index in [0.717, 1.165) is 11.1 Å². The minimum absolute atomic E-state index is 0.0913. The van der Waals surface area contributed by atoms with Crippen LogP contribution in [0.4, 0.5) is 5.69 Å². The van der Waals surface area contributed by atoms with Crippen LogP contribution in [0, 0.1) is 10.1 Å². The molecule has 0 aliphatic rings. The molecular formula is C13H13ClN2O2. The lowest BCUT2D eigenvalue weighted by Crippen LogP contribution is -2.12. The molecule has 2 aromatic rings. The van der Waals surface area contributed by atoms with E-state index in [-0.39, 0.29) is 16.1 Å². The molecular weight excluding hydrogens is 252 g/mol. The highest BCUT2D eigenvalue weighted by Crippen LogP contribution is 2.35. The number of hydrogen-bond donors (Lipinski definition) is 0. The Hall–Kier alpha value is -1.68. The summed E-state index contributed by atoms with van der Waals surface area (Å²) in [5.41, 5.74) is 1.50. The van der Waals surface area contributed by atoms with Gasteiger partial charge in [-0.25, -0.2) is 4.98 Å². The summed E-state index contributed by atoms with van der Waals surface area (Å²) in [7, 11) is 0. The fourth-order valence-electron chi connectivity index (χ4n) is 1.91. The SMILES string of the molecule is CC(C)(C)c1cccc2c(Cl)c([N+](=O)[O-])cnc12. The normalized spacial score (nSPS) is 11.8. The zero-order valence-corrected chi connectivity index (χ0v) is 11.2. The van der Waals surface area contributed by atoms with Crippen LogP contribution in [0.25, 0.3) is 10.9 Å². The maximum absolute atomic E-state index is 10.8. The maximum Gasteiger partial charge on any atom is 0.306 e. The van der Waals surface area contributed by atoms with Crippen molar-refractivity contribution < 1.29 is 4.92 Å². The molecule has 0 radical (unpaired) electrons. The minimum Gasteiger partial charge on any atom is -0.258 e. The Morgan fingerprint density at radius 1 is 1.33 bits per heavy atom. The maximum atomic E-state index is 10.8. The standard InChI is InChI=1S/C13H13ClN2O2/c1-13(2,3)9-6-4-5-8-11(14)10(16(17)18)7-15-12(8)9/h4-7H,1-3H3. The molecule has 1 heterocycles. The third-order valence-electron chi connectivity index (χ3n) is 2.82. The molecule has 5 heteroatoms. The molecule has 1 aromatic carbocycles. The van der Waals surface area contributed by atoms with Crippen molar-refractivity contribution in [3.8, 4) is 0 Å². The Bertz CT molecular complexity index is 633. The van der Waals surface area contributed by atoms with Gasteiger partial charge >= 0.3 is 5.69 Å². The Labute approximate surface area is 110 Å². The van der Waals surface area contributed by atoms with Crippen LogP contribution in [0.3, 0.4) is 0 Å². The Morgan fingerprint density at radius 3 is 2.56 bits per heavy atom. The summed E-state index contributed by atoms with van der Waals surface area (Å²) >= 11 is 6.08. The van der Waals surface area contributed by atoms with Gasteiger partial charge in [-0.2, -0.15) is 0 Å². The molecule has 0 N–H and O–H groups in total. The summed E-state index contributed by atoms with van der Waals surface area (Å²) < 4.78 is 0. The minimum atomic E-state index is -0.515. The lowest BCUT2D eigenvalue weighted by molar-refractivity contribution is -0.384. The number of rotatable bonds is 1. The summed E-state index contributed by atoms with van der Waals surface area (Å²) in [5, 5.41) is 11.6. The van der Waals surface area contributed by atoms with Crippen molar-refractivity contribution in [3.05, 3.63) is 45.1 Å². The highest BCUT2D eigenvalue weighted by atomic mass is 35.5. The number of pyridine rings is 1. The van der Waals surface area contributed by atoms with E-state index in [1.165, 1.54) is 6.20 Å². The molecule has 0 unspecified atom stereocenters. The quantitative estimate of drug-likeness (QED) is 0.576. The van der Waals surface area contributed by atoms with Crippen molar-refractivity contribution in [2.24, 2.45) is 0 Å². The topological polar surface area (TPSA) is 56.0 Å². The molecule has 0 aliphatic heterocycles. The number of halogens is 1. The largest absolute Gasteiger partial charge is 0.306 e. The lowest BCUT2D eigenvalue weighted by Gasteiger charge is -2.20. The predicted octanol–water partition coefficient (Wildman–Crippen LogP) is 4.09. The second kappa shape index (κ2) is 4.21. The van der Waals surface area contributed by atoms with E-state index in [0.29, 0.717) is 5.39 Å². The first-order valence-corrected chi connectivity index (χ1v) is 5.92. The van der Waals surface area contributed by atoms with Crippen LogP contribution in [0.1, 0.15) is 26.3 Å². The number of nitro groups is 1. The molecule has 2 rings (SSSR count). The third kappa shape index (κ3) is 2.04. The number of aromatic nitrogens is 1. The van der Waals surface area contributed by atoms with E-state index in [9.17, 15) is 10.1 Å². The molecule has 0 bridgehead atoms. The van der Waals surface area contributed by atoms with Crippen LogP contribution < -0.4 is 0 Å². The number of para-hydroxylation sites is 1. The van der Waals surface area contributed by atoms with Crippen LogP contribution in [0.5, 0.6) is 0 Å². The average molecular weight is 265 g/mol. The van der Waals surface area contributed by atoms with Crippen LogP contribution in [-0.2, 0) is 5.41 Å². The fourth-order valence-corrected chi connectivity index (χ4v) is 2.18. The van der Waals surface area contributed by atoms with Gasteiger partial charge in [-0.05, 0) is 11.0 Å². The van der Waals surface area contributed by atoms with E-state index in [1.807, 2.05) is 12.1 Å². The van der Waals surface area contributed by atoms with Crippen molar-refractivity contribution in [2.45, 2.75) is 26.2 Å². The number of hydrogen-bond acceptors (Lipinski definition) is 3. The van der Waals surface area contributed by atoms with Gasteiger partial charge in [-0.1, -0.05) is 50.6 Å². The van der Waals surface area contributed by atoms with Gasteiger partial charge in [0.05, 0.1) is 10.4 Å². The predicted molar refractivity (Wildman–Crippen MR) is 72.1 cm³/mol. The first-order chi connectivity index (χ1) is 8.32. The summed E-state index contributed by atoms with van der Waals surface area (Å²) in [5.74, 6) is 0. The summed E-state index contributed by atoms with van der Waals surface area (Å²) in [6.07, 6.45) is 1.22. The Kier molecular flexibility index (Phi) is 2.99. The molecule has 0 fully saturated rings. The molecule has 0 saturated carbocycles. The molecule has 0 saturated heterocycles. The molecule has 4 nitrogen and oxygen atoms in total. The molecule has 0 aliphatic carbocycles. The van der Waals surface area contributed by atoms with Crippen molar-refractivity contribution in [1.29, 1.82) is 0 Å². The smallest absolute Gasteiger partial charge is 0.258 e. The summed E-state index contributed by atoms with van der Waals surface area (Å²) in [4.78, 5) is 14.5. The van der Waals surface area contributed by atoms with Gasteiger partial charge < -0.3 is 0 Å². The lowest BCUT2D eigenvalue weighted by atomic mass is 9.85. The molecule has 0 amide bonds. The van der Waals surface area contributed by atoms with Crippen molar-refractivity contribution in [3.63, 3.8) is 0 Å². The van der Waals surface area contributed by atoms with Gasteiger partial charge in [0.1, 0.15) is 11.2 Å². The van der Waals surface area contributed by atoms with Crippen molar-refractivity contribution >= 4 is 28.2 Å². The Balaban J connectivity index is 2.83. The molecule has 1 aromatic heterocycles. The van der Waals surface area contributed by atoms with E-state index in [1.54, 1.807) is 6.07 Å². The van der Waals surface area contributed by atoms with Gasteiger partial charge in [0.2, 0.25) is 0 Å². The third-order valence-corrected chi connectivity index (χ3v) is 3.22. The highest BCUT2D eigenvalue weighted by Gasteiger charge is 2.22. The number of fused-ring (bicyclic) bond motifs is 1. The molecule has 18 heavy (non-hydrogen) atoms. The van der Waals surface area contributed by atoms with Crippen molar-refractivity contribution in [1.82, 2.24) is 4.98 Å². The highest BCUT2D eigenvalue weighted by molar-refractivity contribution is 6.37. The Morgan fingerprint density at radius 2 is 2.00 bits per heavy atom. The molecule has 0 atom stereocenters. The van der Waals surface area contributed by atoms with Gasteiger partial charge in [0, 0.05) is 5.39 Å². The monoisotopic (exact) mass is 264 g/mol. The zero-order valence-electron chi connectivity index (χ0n) is 10.4. The van der Waals surface area contributed by atoms with E-state index in [4.69, 9.17) is 11.6 Å². The number of benzene rings is 1. The van der Waals surface area contributed by atoms with Gasteiger partial charge in [-0.15, -0.1) is 0 Å². The van der Waals surface area contributed by atoms with Gasteiger partial charge in [0.25, 0.3) is 0 Å².